The molecule has 1 saturated heterocycles. The lowest BCUT2D eigenvalue weighted by Crippen LogP contribution is -2.56. The first-order valence-corrected chi connectivity index (χ1v) is 8.85. The van der Waals surface area contributed by atoms with Crippen LogP contribution in [0, 0.1) is 0 Å². The molecule has 1 amide bonds. The summed E-state index contributed by atoms with van der Waals surface area (Å²) in [6, 6.07) is 3.82. The zero-order chi connectivity index (χ0) is 18.8. The molecule has 25 heavy (non-hydrogen) atoms. The summed E-state index contributed by atoms with van der Waals surface area (Å²) >= 11 is 0. The molecule has 1 fully saturated rings. The van der Waals surface area contributed by atoms with Crippen molar-refractivity contribution in [3.8, 4) is 0 Å². The fourth-order valence-electron chi connectivity index (χ4n) is 3.07. The van der Waals surface area contributed by atoms with Gasteiger partial charge in [-0.3, -0.25) is 9.78 Å². The summed E-state index contributed by atoms with van der Waals surface area (Å²) in [6.07, 6.45) is 0.606. The number of carbonyl (C=O) groups excluding carboxylic acids is 2. The van der Waals surface area contributed by atoms with Crippen LogP contribution in [-0.2, 0) is 4.74 Å². The molecule has 1 aliphatic heterocycles. The molecule has 0 unspecified atom stereocenters. The Morgan fingerprint density at radius 1 is 1.32 bits per heavy atom. The fourth-order valence-corrected chi connectivity index (χ4v) is 3.07. The monoisotopic (exact) mass is 345 g/mol. The minimum atomic E-state index is -0.491. The highest BCUT2D eigenvalue weighted by atomic mass is 16.6. The first-order valence-electron chi connectivity index (χ1n) is 8.85. The van der Waals surface area contributed by atoms with E-state index < -0.39 is 5.60 Å². The maximum Gasteiger partial charge on any atom is 0.410 e. The number of piperazine rings is 1. The second-order valence-corrected chi connectivity index (χ2v) is 7.54. The van der Waals surface area contributed by atoms with Crippen LogP contribution >= 0.6 is 0 Å². The van der Waals surface area contributed by atoms with E-state index in [1.165, 1.54) is 6.92 Å². The molecule has 136 valence electrons. The van der Waals surface area contributed by atoms with Gasteiger partial charge in [-0.15, -0.1) is 0 Å². The van der Waals surface area contributed by atoms with E-state index >= 15 is 0 Å². The highest BCUT2D eigenvalue weighted by molar-refractivity contribution is 6.34. The smallest absolute Gasteiger partial charge is 0.410 e. The van der Waals surface area contributed by atoms with Crippen LogP contribution in [0.5, 0.6) is 0 Å². The minimum absolute atomic E-state index is 0.0316. The second kappa shape index (κ2) is 7.46. The van der Waals surface area contributed by atoms with Crippen LogP contribution < -0.4 is 10.5 Å². The number of ether oxygens (including phenoxy) is 1. The molecule has 0 bridgehead atoms. The van der Waals surface area contributed by atoms with Gasteiger partial charge < -0.3 is 14.5 Å². The SMILES string of the molecule is Bc1nc(C(C)=O)ccc1N1CCN(C(=O)OC(C)(C)C)[C@@H](CC)C1. The van der Waals surface area contributed by atoms with Gasteiger partial charge in [-0.25, -0.2) is 4.79 Å². The van der Waals surface area contributed by atoms with Crippen molar-refractivity contribution in [1.29, 1.82) is 0 Å². The van der Waals surface area contributed by atoms with Gasteiger partial charge in [0.05, 0.1) is 6.04 Å². The van der Waals surface area contributed by atoms with Crippen molar-refractivity contribution in [2.75, 3.05) is 24.5 Å². The molecule has 2 rings (SSSR count). The molecule has 0 aromatic carbocycles. The van der Waals surface area contributed by atoms with Crippen LogP contribution in [0.4, 0.5) is 10.5 Å². The van der Waals surface area contributed by atoms with Gasteiger partial charge in [-0.1, -0.05) is 6.92 Å². The zero-order valence-corrected chi connectivity index (χ0v) is 16.1. The fraction of sp³-hybridized carbons (Fsp3) is 0.611. The maximum absolute atomic E-state index is 12.4. The van der Waals surface area contributed by atoms with E-state index in [-0.39, 0.29) is 17.9 Å². The van der Waals surface area contributed by atoms with Gasteiger partial charge in [0.15, 0.2) is 13.6 Å². The maximum atomic E-state index is 12.4. The summed E-state index contributed by atoms with van der Waals surface area (Å²) < 4.78 is 5.53. The van der Waals surface area contributed by atoms with Gasteiger partial charge in [-0.05, 0) is 39.3 Å². The van der Waals surface area contributed by atoms with E-state index in [2.05, 4.69) is 16.8 Å². The Bertz CT molecular complexity index is 657. The van der Waals surface area contributed by atoms with E-state index in [0.29, 0.717) is 12.2 Å². The number of nitrogens with zero attached hydrogens (tertiary/aromatic N) is 3. The highest BCUT2D eigenvalue weighted by Crippen LogP contribution is 2.21. The van der Waals surface area contributed by atoms with Crippen LogP contribution in [-0.4, -0.2) is 60.9 Å². The Hall–Kier alpha value is -2.05. The molecule has 7 heteroatoms. The molecular weight excluding hydrogens is 317 g/mol. The number of amides is 1. The van der Waals surface area contributed by atoms with E-state index in [1.54, 1.807) is 6.07 Å². The van der Waals surface area contributed by atoms with Gasteiger partial charge in [-0.2, -0.15) is 0 Å². The molecule has 6 nitrogen and oxygen atoms in total. The first-order chi connectivity index (χ1) is 11.6. The van der Waals surface area contributed by atoms with Crippen molar-refractivity contribution in [2.24, 2.45) is 0 Å². The van der Waals surface area contributed by atoms with Crippen LogP contribution in [0.1, 0.15) is 51.5 Å². The quantitative estimate of drug-likeness (QED) is 0.612. The van der Waals surface area contributed by atoms with E-state index in [9.17, 15) is 9.59 Å². The van der Waals surface area contributed by atoms with Gasteiger partial charge in [0.1, 0.15) is 11.3 Å². The van der Waals surface area contributed by atoms with E-state index in [1.807, 2.05) is 39.6 Å². The summed E-state index contributed by atoms with van der Waals surface area (Å²) in [5.74, 6) is -0.0316. The number of Topliss-reactive ketones (excluding diaryl/α,β-unsaturated/α-hetero) is 1. The van der Waals surface area contributed by atoms with Gasteiger partial charge in [0, 0.05) is 37.8 Å². The highest BCUT2D eigenvalue weighted by Gasteiger charge is 2.32. The summed E-state index contributed by atoms with van der Waals surface area (Å²) in [5, 5.41) is 0. The third-order valence-electron chi connectivity index (χ3n) is 4.34. The first kappa shape index (κ1) is 19.3. The Kier molecular flexibility index (Phi) is 5.75. The van der Waals surface area contributed by atoms with Gasteiger partial charge in [0.25, 0.3) is 0 Å². The Morgan fingerprint density at radius 3 is 2.52 bits per heavy atom. The average molecular weight is 345 g/mol. The van der Waals surface area contributed by atoms with Gasteiger partial charge in [0.2, 0.25) is 0 Å². The Morgan fingerprint density at radius 2 is 2.00 bits per heavy atom. The molecule has 0 radical (unpaired) electrons. The minimum Gasteiger partial charge on any atom is -0.444 e. The summed E-state index contributed by atoms with van der Waals surface area (Å²) in [6.45, 7) is 11.3. The number of aromatic nitrogens is 1. The molecular formula is C18H28BN3O3. The Labute approximate surface area is 150 Å². The average Bonchev–Trinajstić information content (AvgIpc) is 2.52. The summed E-state index contributed by atoms with van der Waals surface area (Å²) in [4.78, 5) is 32.4. The number of hydrogen-bond donors (Lipinski definition) is 0. The molecule has 0 saturated carbocycles. The van der Waals surface area contributed by atoms with Crippen molar-refractivity contribution in [3.05, 3.63) is 17.8 Å². The molecule has 1 aromatic heterocycles. The van der Waals surface area contributed by atoms with E-state index in [4.69, 9.17) is 4.74 Å². The van der Waals surface area contributed by atoms with Crippen molar-refractivity contribution >= 4 is 31.0 Å². The molecule has 0 aliphatic carbocycles. The normalized spacial score (nSPS) is 18.2. The lowest BCUT2D eigenvalue weighted by atomic mass is 9.98. The number of pyridine rings is 1. The molecule has 1 aromatic rings. The second-order valence-electron chi connectivity index (χ2n) is 7.54. The summed E-state index contributed by atoms with van der Waals surface area (Å²) in [5.41, 5.74) is 1.86. The standard InChI is InChI=1S/C18H28BN3O3/c1-6-13-11-21(9-10-22(13)17(24)25-18(3,4)5)15-8-7-14(12(2)23)20-16(15)19/h7-8,13H,6,9-11,19H2,1-5H3/t13-/m0/s1. The van der Waals surface area contributed by atoms with Gasteiger partial charge >= 0.3 is 6.09 Å². The third kappa shape index (κ3) is 4.74. The van der Waals surface area contributed by atoms with E-state index in [0.717, 1.165) is 30.8 Å². The molecule has 0 N–H and O–H groups in total. The lowest BCUT2D eigenvalue weighted by Gasteiger charge is -2.42. The van der Waals surface area contributed by atoms with Crippen molar-refractivity contribution < 1.29 is 14.3 Å². The van der Waals surface area contributed by atoms with Crippen molar-refractivity contribution in [2.45, 2.75) is 52.7 Å². The van der Waals surface area contributed by atoms with Crippen LogP contribution in [0.25, 0.3) is 0 Å². The molecule has 1 aliphatic rings. The van der Waals surface area contributed by atoms with Crippen molar-refractivity contribution in [1.82, 2.24) is 9.88 Å². The third-order valence-corrected chi connectivity index (χ3v) is 4.34. The number of hydrogen-bond acceptors (Lipinski definition) is 5. The predicted octanol–water partition coefficient (Wildman–Crippen LogP) is 1.38. The van der Waals surface area contributed by atoms with Crippen LogP contribution in [0.2, 0.25) is 0 Å². The van der Waals surface area contributed by atoms with Crippen LogP contribution in [0.15, 0.2) is 12.1 Å². The number of rotatable bonds is 3. The van der Waals surface area contributed by atoms with Crippen LogP contribution in [0.3, 0.4) is 0 Å². The number of anilines is 1. The summed E-state index contributed by atoms with van der Waals surface area (Å²) in [7, 11) is 1.92. The molecule has 1 atom stereocenters. The number of carbonyl (C=O) groups is 2. The zero-order valence-electron chi connectivity index (χ0n) is 16.1. The lowest BCUT2D eigenvalue weighted by molar-refractivity contribution is 0.0137. The number of ketones is 1. The predicted molar refractivity (Wildman–Crippen MR) is 102 cm³/mol. The largest absolute Gasteiger partial charge is 0.444 e. The topological polar surface area (TPSA) is 62.7 Å². The molecule has 2 heterocycles. The van der Waals surface area contributed by atoms with Crippen molar-refractivity contribution in [3.63, 3.8) is 0 Å². The Balaban J connectivity index is 2.13. The molecule has 0 spiro atoms.